The molecule has 18 heavy (non-hydrogen) atoms. The maximum atomic E-state index is 5.72. The standard InChI is InChI=1S/C12H9Br3N2O/c13-7-1-2-9(17-5-7)6-18-12-10(14)3-8(16)4-11(12)15/h1-5H,6,16H2. The minimum Gasteiger partial charge on any atom is -0.485 e. The third-order valence-electron chi connectivity index (χ3n) is 2.17. The summed E-state index contributed by atoms with van der Waals surface area (Å²) in [5, 5.41) is 0. The van der Waals surface area contributed by atoms with Gasteiger partial charge in [0.25, 0.3) is 0 Å². The first-order valence-corrected chi connectivity index (χ1v) is 7.42. The quantitative estimate of drug-likeness (QED) is 0.719. The summed E-state index contributed by atoms with van der Waals surface area (Å²) in [6.07, 6.45) is 1.74. The fourth-order valence-corrected chi connectivity index (χ4v) is 3.04. The van der Waals surface area contributed by atoms with Crippen LogP contribution in [-0.2, 0) is 6.61 Å². The van der Waals surface area contributed by atoms with E-state index in [1.54, 1.807) is 18.3 Å². The first-order chi connectivity index (χ1) is 8.56. The van der Waals surface area contributed by atoms with Gasteiger partial charge in [0, 0.05) is 16.4 Å². The van der Waals surface area contributed by atoms with Gasteiger partial charge in [0.05, 0.1) is 14.6 Å². The summed E-state index contributed by atoms with van der Waals surface area (Å²) in [5.41, 5.74) is 7.24. The van der Waals surface area contributed by atoms with Crippen LogP contribution in [0, 0.1) is 0 Å². The topological polar surface area (TPSA) is 48.1 Å². The summed E-state index contributed by atoms with van der Waals surface area (Å²) in [4.78, 5) is 4.24. The highest BCUT2D eigenvalue weighted by atomic mass is 79.9. The minimum absolute atomic E-state index is 0.397. The van der Waals surface area contributed by atoms with E-state index >= 15 is 0 Å². The van der Waals surface area contributed by atoms with Crippen molar-refractivity contribution in [2.45, 2.75) is 6.61 Å². The Kier molecular flexibility index (Phi) is 4.64. The highest BCUT2D eigenvalue weighted by molar-refractivity contribution is 9.11. The zero-order valence-corrected chi connectivity index (χ0v) is 13.9. The molecular formula is C12H9Br3N2O. The molecule has 1 aromatic carbocycles. The van der Waals surface area contributed by atoms with Gasteiger partial charge in [-0.2, -0.15) is 0 Å². The smallest absolute Gasteiger partial charge is 0.148 e. The minimum atomic E-state index is 0.397. The lowest BCUT2D eigenvalue weighted by Gasteiger charge is -2.10. The van der Waals surface area contributed by atoms with E-state index in [0.717, 1.165) is 19.1 Å². The predicted octanol–water partition coefficient (Wildman–Crippen LogP) is 4.53. The summed E-state index contributed by atoms with van der Waals surface area (Å²) in [6.45, 7) is 0.397. The van der Waals surface area contributed by atoms with E-state index in [1.165, 1.54) is 0 Å². The normalized spacial score (nSPS) is 10.4. The molecule has 0 aliphatic carbocycles. The molecule has 0 unspecified atom stereocenters. The van der Waals surface area contributed by atoms with Crippen molar-refractivity contribution in [3.05, 3.63) is 49.6 Å². The molecule has 6 heteroatoms. The van der Waals surface area contributed by atoms with Crippen molar-refractivity contribution in [2.75, 3.05) is 5.73 Å². The molecule has 0 spiro atoms. The van der Waals surface area contributed by atoms with Gasteiger partial charge in [-0.25, -0.2) is 0 Å². The molecule has 1 heterocycles. The maximum absolute atomic E-state index is 5.72. The molecule has 0 amide bonds. The maximum Gasteiger partial charge on any atom is 0.148 e. The Morgan fingerprint density at radius 3 is 2.33 bits per heavy atom. The van der Waals surface area contributed by atoms with Crippen molar-refractivity contribution in [3.63, 3.8) is 0 Å². The van der Waals surface area contributed by atoms with Crippen LogP contribution in [0.25, 0.3) is 0 Å². The van der Waals surface area contributed by atoms with Gasteiger partial charge in [-0.1, -0.05) is 0 Å². The van der Waals surface area contributed by atoms with Crippen molar-refractivity contribution in [3.8, 4) is 5.75 Å². The molecule has 94 valence electrons. The Hall–Kier alpha value is -0.590. The highest BCUT2D eigenvalue weighted by Crippen LogP contribution is 2.36. The van der Waals surface area contributed by atoms with Gasteiger partial charge in [-0.3, -0.25) is 4.98 Å². The van der Waals surface area contributed by atoms with E-state index in [2.05, 4.69) is 52.8 Å². The fourth-order valence-electron chi connectivity index (χ4n) is 1.36. The van der Waals surface area contributed by atoms with Crippen molar-refractivity contribution >= 4 is 53.5 Å². The van der Waals surface area contributed by atoms with Crippen LogP contribution < -0.4 is 10.5 Å². The summed E-state index contributed by atoms with van der Waals surface area (Å²) in [5.74, 6) is 0.717. The third kappa shape index (κ3) is 3.46. The second kappa shape index (κ2) is 6.04. The Morgan fingerprint density at radius 1 is 1.11 bits per heavy atom. The van der Waals surface area contributed by atoms with Gasteiger partial charge in [-0.15, -0.1) is 0 Å². The summed E-state index contributed by atoms with van der Waals surface area (Å²) < 4.78 is 8.29. The van der Waals surface area contributed by atoms with Gasteiger partial charge < -0.3 is 10.5 Å². The van der Waals surface area contributed by atoms with E-state index in [1.807, 2.05) is 12.1 Å². The molecule has 0 atom stereocenters. The van der Waals surface area contributed by atoms with Crippen molar-refractivity contribution in [2.24, 2.45) is 0 Å². The Labute approximate surface area is 130 Å². The molecule has 0 bridgehead atoms. The van der Waals surface area contributed by atoms with E-state index in [0.29, 0.717) is 18.0 Å². The Bertz CT molecular complexity index is 535. The number of anilines is 1. The molecule has 2 rings (SSSR count). The number of aromatic nitrogens is 1. The molecule has 1 aromatic heterocycles. The van der Waals surface area contributed by atoms with Crippen LogP contribution in [-0.4, -0.2) is 4.98 Å². The van der Waals surface area contributed by atoms with Crippen LogP contribution in [0.15, 0.2) is 43.9 Å². The second-order valence-corrected chi connectivity index (χ2v) is 6.19. The SMILES string of the molecule is Nc1cc(Br)c(OCc2ccc(Br)cn2)c(Br)c1. The fraction of sp³-hybridized carbons (Fsp3) is 0.0833. The molecule has 3 nitrogen and oxygen atoms in total. The van der Waals surface area contributed by atoms with Crippen LogP contribution in [0.3, 0.4) is 0 Å². The van der Waals surface area contributed by atoms with E-state index < -0.39 is 0 Å². The van der Waals surface area contributed by atoms with E-state index in [-0.39, 0.29) is 0 Å². The monoisotopic (exact) mass is 434 g/mol. The number of benzene rings is 1. The van der Waals surface area contributed by atoms with Gasteiger partial charge in [0.2, 0.25) is 0 Å². The first kappa shape index (κ1) is 13.8. The first-order valence-electron chi connectivity index (χ1n) is 5.04. The largest absolute Gasteiger partial charge is 0.485 e. The number of halogens is 3. The zero-order valence-electron chi connectivity index (χ0n) is 9.16. The summed E-state index contributed by atoms with van der Waals surface area (Å²) >= 11 is 10.2. The lowest BCUT2D eigenvalue weighted by atomic mass is 10.3. The average molecular weight is 437 g/mol. The van der Waals surface area contributed by atoms with E-state index in [4.69, 9.17) is 10.5 Å². The van der Waals surface area contributed by atoms with Crippen LogP contribution in [0.5, 0.6) is 5.75 Å². The average Bonchev–Trinajstić information content (AvgIpc) is 2.30. The number of nitrogens with zero attached hydrogens (tertiary/aromatic N) is 1. The molecule has 0 radical (unpaired) electrons. The van der Waals surface area contributed by atoms with Crippen LogP contribution in [0.4, 0.5) is 5.69 Å². The van der Waals surface area contributed by atoms with Gasteiger partial charge in [-0.05, 0) is 72.1 Å². The highest BCUT2D eigenvalue weighted by Gasteiger charge is 2.08. The molecule has 2 aromatic rings. The Balaban J connectivity index is 2.13. The summed E-state index contributed by atoms with van der Waals surface area (Å²) in [7, 11) is 0. The van der Waals surface area contributed by atoms with Crippen LogP contribution in [0.1, 0.15) is 5.69 Å². The number of ether oxygens (including phenoxy) is 1. The second-order valence-electron chi connectivity index (χ2n) is 3.57. The number of hydrogen-bond donors (Lipinski definition) is 1. The number of rotatable bonds is 3. The molecule has 0 fully saturated rings. The van der Waals surface area contributed by atoms with E-state index in [9.17, 15) is 0 Å². The molecular weight excluding hydrogens is 428 g/mol. The molecule has 0 aliphatic rings. The molecule has 2 N–H and O–H groups in total. The van der Waals surface area contributed by atoms with Crippen molar-refractivity contribution < 1.29 is 4.74 Å². The van der Waals surface area contributed by atoms with Crippen LogP contribution >= 0.6 is 47.8 Å². The van der Waals surface area contributed by atoms with Crippen molar-refractivity contribution in [1.29, 1.82) is 0 Å². The number of nitrogen functional groups attached to an aromatic ring is 1. The number of nitrogens with two attached hydrogens (primary N) is 1. The number of hydrogen-bond acceptors (Lipinski definition) is 3. The predicted molar refractivity (Wildman–Crippen MR) is 82.5 cm³/mol. The van der Waals surface area contributed by atoms with Crippen molar-refractivity contribution in [1.82, 2.24) is 4.98 Å². The molecule has 0 saturated heterocycles. The van der Waals surface area contributed by atoms with Gasteiger partial charge in [0.1, 0.15) is 12.4 Å². The van der Waals surface area contributed by atoms with Crippen LogP contribution in [0.2, 0.25) is 0 Å². The lowest BCUT2D eigenvalue weighted by molar-refractivity contribution is 0.297. The zero-order chi connectivity index (χ0) is 13.1. The number of pyridine rings is 1. The van der Waals surface area contributed by atoms with Gasteiger partial charge in [0.15, 0.2) is 0 Å². The molecule has 0 aliphatic heterocycles. The molecule has 0 saturated carbocycles. The third-order valence-corrected chi connectivity index (χ3v) is 3.82. The summed E-state index contributed by atoms with van der Waals surface area (Å²) in [6, 6.07) is 7.44. The Morgan fingerprint density at radius 2 is 1.78 bits per heavy atom. The lowest BCUT2D eigenvalue weighted by Crippen LogP contribution is -1.99. The van der Waals surface area contributed by atoms with Gasteiger partial charge >= 0.3 is 0 Å².